The largest absolute Gasteiger partial charge is 0.374 e. The predicted molar refractivity (Wildman–Crippen MR) is 98.7 cm³/mol. The third kappa shape index (κ3) is 3.37. The summed E-state index contributed by atoms with van der Waals surface area (Å²) in [4.78, 5) is 32.8. The SMILES string of the molecule is CN1C(=O)CCO[C@H]2CN(C(=O)Cc3csc(-c4ccccc4)n3)C[C@@H]21. The molecule has 4 rings (SSSR count). The van der Waals surface area contributed by atoms with E-state index in [0.29, 0.717) is 26.1 Å². The van der Waals surface area contributed by atoms with E-state index in [2.05, 4.69) is 4.98 Å². The van der Waals surface area contributed by atoms with Gasteiger partial charge in [0.2, 0.25) is 11.8 Å². The van der Waals surface area contributed by atoms with Gasteiger partial charge in [0.1, 0.15) is 5.01 Å². The third-order valence-corrected chi connectivity index (χ3v) is 5.97. The van der Waals surface area contributed by atoms with E-state index in [1.165, 1.54) is 0 Å². The first-order chi connectivity index (χ1) is 12.6. The maximum atomic E-state index is 12.7. The summed E-state index contributed by atoms with van der Waals surface area (Å²) in [5.41, 5.74) is 1.85. The second kappa shape index (κ2) is 7.17. The molecule has 0 radical (unpaired) electrons. The Labute approximate surface area is 156 Å². The summed E-state index contributed by atoms with van der Waals surface area (Å²) >= 11 is 1.55. The number of likely N-dealkylation sites (tertiary alicyclic amines) is 1. The molecule has 26 heavy (non-hydrogen) atoms. The number of benzene rings is 1. The maximum Gasteiger partial charge on any atom is 0.228 e. The van der Waals surface area contributed by atoms with Crippen molar-refractivity contribution >= 4 is 23.2 Å². The van der Waals surface area contributed by atoms with E-state index in [1.54, 1.807) is 28.2 Å². The molecule has 1 aromatic carbocycles. The Bertz CT molecular complexity index is 807. The van der Waals surface area contributed by atoms with Crippen molar-refractivity contribution in [3.05, 3.63) is 41.4 Å². The number of carbonyl (C=O) groups is 2. The first-order valence-electron chi connectivity index (χ1n) is 8.76. The quantitative estimate of drug-likeness (QED) is 0.826. The number of hydrogen-bond donors (Lipinski definition) is 0. The van der Waals surface area contributed by atoms with Gasteiger partial charge < -0.3 is 14.5 Å². The monoisotopic (exact) mass is 371 g/mol. The number of rotatable bonds is 3. The molecule has 0 unspecified atom stereocenters. The highest BCUT2D eigenvalue weighted by atomic mass is 32.1. The summed E-state index contributed by atoms with van der Waals surface area (Å²) in [6.45, 7) is 1.50. The molecule has 2 fully saturated rings. The van der Waals surface area contributed by atoms with Crippen LogP contribution in [-0.2, 0) is 20.7 Å². The van der Waals surface area contributed by atoms with Crippen LogP contribution in [0.2, 0.25) is 0 Å². The Hall–Kier alpha value is -2.25. The highest BCUT2D eigenvalue weighted by molar-refractivity contribution is 7.13. The Morgan fingerprint density at radius 1 is 1.31 bits per heavy atom. The molecule has 7 heteroatoms. The fourth-order valence-electron chi connectivity index (χ4n) is 3.52. The van der Waals surface area contributed by atoms with Crippen LogP contribution >= 0.6 is 11.3 Å². The summed E-state index contributed by atoms with van der Waals surface area (Å²) in [6, 6.07) is 9.91. The van der Waals surface area contributed by atoms with Crippen LogP contribution in [0.15, 0.2) is 35.7 Å². The van der Waals surface area contributed by atoms with Crippen molar-refractivity contribution in [1.82, 2.24) is 14.8 Å². The van der Waals surface area contributed by atoms with Crippen molar-refractivity contribution in [1.29, 1.82) is 0 Å². The molecule has 2 amide bonds. The molecule has 2 saturated heterocycles. The van der Waals surface area contributed by atoms with Gasteiger partial charge in [0.05, 0.1) is 37.3 Å². The number of nitrogens with zero attached hydrogens (tertiary/aromatic N) is 3. The number of carbonyl (C=O) groups excluding carboxylic acids is 2. The lowest BCUT2D eigenvalue weighted by molar-refractivity contribution is -0.133. The second-order valence-electron chi connectivity index (χ2n) is 6.72. The van der Waals surface area contributed by atoms with E-state index in [4.69, 9.17) is 4.74 Å². The van der Waals surface area contributed by atoms with Gasteiger partial charge in [-0.1, -0.05) is 30.3 Å². The Morgan fingerprint density at radius 2 is 2.12 bits per heavy atom. The molecule has 2 aliphatic heterocycles. The van der Waals surface area contributed by atoms with Crippen LogP contribution in [0, 0.1) is 0 Å². The number of thiazole rings is 1. The lowest BCUT2D eigenvalue weighted by Crippen LogP contribution is -2.43. The molecular formula is C19H21N3O3S. The molecule has 0 spiro atoms. The molecule has 3 heterocycles. The predicted octanol–water partition coefficient (Wildman–Crippen LogP) is 1.81. The van der Waals surface area contributed by atoms with Crippen LogP contribution in [0.3, 0.4) is 0 Å². The average Bonchev–Trinajstić information content (AvgIpc) is 3.26. The maximum absolute atomic E-state index is 12.7. The van der Waals surface area contributed by atoms with Gasteiger partial charge in [0.15, 0.2) is 0 Å². The molecule has 136 valence electrons. The summed E-state index contributed by atoms with van der Waals surface area (Å²) in [7, 11) is 1.80. The van der Waals surface area contributed by atoms with Gasteiger partial charge in [0.25, 0.3) is 0 Å². The van der Waals surface area contributed by atoms with E-state index in [0.717, 1.165) is 16.3 Å². The van der Waals surface area contributed by atoms with Crippen molar-refractivity contribution in [3.8, 4) is 10.6 Å². The highest BCUT2D eigenvalue weighted by Crippen LogP contribution is 2.25. The summed E-state index contributed by atoms with van der Waals surface area (Å²) in [5, 5.41) is 2.87. The Kier molecular flexibility index (Phi) is 4.74. The number of fused-ring (bicyclic) bond motifs is 1. The van der Waals surface area contributed by atoms with Gasteiger partial charge in [-0.25, -0.2) is 4.98 Å². The van der Waals surface area contributed by atoms with Gasteiger partial charge in [-0.15, -0.1) is 11.3 Å². The van der Waals surface area contributed by atoms with Crippen LogP contribution < -0.4 is 0 Å². The molecule has 0 N–H and O–H groups in total. The number of amides is 2. The lowest BCUT2D eigenvalue weighted by Gasteiger charge is -2.25. The summed E-state index contributed by atoms with van der Waals surface area (Å²) in [6.07, 6.45) is 0.601. The smallest absolute Gasteiger partial charge is 0.228 e. The Morgan fingerprint density at radius 3 is 2.92 bits per heavy atom. The zero-order valence-corrected chi connectivity index (χ0v) is 15.4. The van der Waals surface area contributed by atoms with E-state index in [1.807, 2.05) is 35.7 Å². The van der Waals surface area contributed by atoms with Crippen molar-refractivity contribution in [3.63, 3.8) is 0 Å². The van der Waals surface area contributed by atoms with Crippen molar-refractivity contribution < 1.29 is 14.3 Å². The average molecular weight is 371 g/mol. The number of likely N-dealkylation sites (N-methyl/N-ethyl adjacent to an activating group) is 1. The van der Waals surface area contributed by atoms with Crippen LogP contribution in [-0.4, -0.2) is 65.5 Å². The van der Waals surface area contributed by atoms with Crippen LogP contribution in [0.4, 0.5) is 0 Å². The van der Waals surface area contributed by atoms with E-state index in [-0.39, 0.29) is 30.4 Å². The van der Waals surface area contributed by atoms with Crippen LogP contribution in [0.25, 0.3) is 10.6 Å². The fraction of sp³-hybridized carbons (Fsp3) is 0.421. The lowest BCUT2D eigenvalue weighted by atomic mass is 10.2. The van der Waals surface area contributed by atoms with Gasteiger partial charge in [0, 0.05) is 31.1 Å². The van der Waals surface area contributed by atoms with Crippen molar-refractivity contribution in [2.24, 2.45) is 0 Å². The van der Waals surface area contributed by atoms with Gasteiger partial charge in [-0.05, 0) is 0 Å². The molecule has 0 aliphatic carbocycles. The molecule has 0 saturated carbocycles. The topological polar surface area (TPSA) is 62.7 Å². The first-order valence-corrected chi connectivity index (χ1v) is 9.64. The van der Waals surface area contributed by atoms with Crippen molar-refractivity contribution in [2.75, 3.05) is 26.7 Å². The van der Waals surface area contributed by atoms with E-state index < -0.39 is 0 Å². The Balaban J connectivity index is 1.42. The minimum Gasteiger partial charge on any atom is -0.374 e. The standard InChI is InChI=1S/C19H21N3O3S/c1-21-15-10-22(11-16(15)25-8-7-17(21)23)18(24)9-14-12-26-19(20-14)13-5-3-2-4-6-13/h2-6,12,15-16H,7-11H2,1H3/t15-,16-/m0/s1. The second-order valence-corrected chi connectivity index (χ2v) is 7.57. The zero-order chi connectivity index (χ0) is 18.1. The van der Waals surface area contributed by atoms with Crippen LogP contribution in [0.1, 0.15) is 12.1 Å². The van der Waals surface area contributed by atoms with Gasteiger partial charge >= 0.3 is 0 Å². The zero-order valence-electron chi connectivity index (χ0n) is 14.6. The first kappa shape index (κ1) is 17.2. The third-order valence-electron chi connectivity index (χ3n) is 5.03. The highest BCUT2D eigenvalue weighted by Gasteiger charge is 2.41. The van der Waals surface area contributed by atoms with Crippen molar-refractivity contribution in [2.45, 2.75) is 25.0 Å². The summed E-state index contributed by atoms with van der Waals surface area (Å²) < 4.78 is 5.79. The van der Waals surface area contributed by atoms with Crippen LogP contribution in [0.5, 0.6) is 0 Å². The normalized spacial score (nSPS) is 23.0. The van der Waals surface area contributed by atoms with Gasteiger partial charge in [-0.2, -0.15) is 0 Å². The fourth-order valence-corrected chi connectivity index (χ4v) is 4.35. The molecule has 1 aromatic heterocycles. The number of hydrogen-bond acceptors (Lipinski definition) is 5. The minimum atomic E-state index is -0.0919. The minimum absolute atomic E-state index is 0.0347. The number of ether oxygens (including phenoxy) is 1. The number of aromatic nitrogens is 1. The van der Waals surface area contributed by atoms with E-state index >= 15 is 0 Å². The van der Waals surface area contributed by atoms with E-state index in [9.17, 15) is 9.59 Å². The molecule has 2 aliphatic rings. The molecule has 6 nitrogen and oxygen atoms in total. The molecule has 0 bridgehead atoms. The molecular weight excluding hydrogens is 350 g/mol. The molecule has 2 aromatic rings. The molecule has 2 atom stereocenters. The summed E-state index contributed by atoms with van der Waals surface area (Å²) in [5.74, 6) is 0.117. The van der Waals surface area contributed by atoms with Gasteiger partial charge in [-0.3, -0.25) is 9.59 Å².